The zero-order valence-corrected chi connectivity index (χ0v) is 17.2. The van der Waals surface area contributed by atoms with Gasteiger partial charge in [-0.3, -0.25) is 0 Å². The Labute approximate surface area is 180 Å². The van der Waals surface area contributed by atoms with Gasteiger partial charge in [0.1, 0.15) is 23.0 Å². The van der Waals surface area contributed by atoms with Crippen molar-refractivity contribution in [2.75, 3.05) is 6.54 Å². The molecule has 0 fully saturated rings. The molecule has 0 aromatic heterocycles. The molecule has 0 aliphatic heterocycles. The third kappa shape index (κ3) is 5.50. The fourth-order valence-electron chi connectivity index (χ4n) is 3.91. The monoisotopic (exact) mass is 467 g/mol. The van der Waals surface area contributed by atoms with Gasteiger partial charge >= 0.3 is 12.6 Å². The minimum atomic E-state index is -5.72. The molecular formula is C21H23F6NO4. The van der Waals surface area contributed by atoms with Crippen LogP contribution in [0.5, 0.6) is 23.0 Å². The van der Waals surface area contributed by atoms with Crippen LogP contribution in [0.2, 0.25) is 0 Å². The number of nitrogens with zero attached hydrogens (tertiary/aromatic N) is 1. The molecule has 178 valence electrons. The largest absolute Gasteiger partial charge is 0.508 e. The molecule has 0 radical (unpaired) electrons. The lowest BCUT2D eigenvalue weighted by atomic mass is 9.65. The highest BCUT2D eigenvalue weighted by atomic mass is 19.4. The second-order valence-corrected chi connectivity index (χ2v) is 7.71. The zero-order valence-electron chi connectivity index (χ0n) is 17.2. The predicted molar refractivity (Wildman–Crippen MR) is 103 cm³/mol. The highest BCUT2D eigenvalue weighted by Crippen LogP contribution is 2.47. The minimum absolute atomic E-state index is 0.00255. The second kappa shape index (κ2) is 8.97. The fraction of sp³-hybridized carbons (Fsp3) is 0.429. The molecule has 0 aliphatic rings. The summed E-state index contributed by atoms with van der Waals surface area (Å²) in [6.07, 6.45) is -11.3. The number of halogens is 6. The Morgan fingerprint density at radius 3 is 1.34 bits per heavy atom. The number of phenolic OH excluding ortho intramolecular Hbond substituents is 4. The molecule has 1 atom stereocenters. The Morgan fingerprint density at radius 2 is 1.06 bits per heavy atom. The van der Waals surface area contributed by atoms with Gasteiger partial charge in [0.15, 0.2) is 0 Å². The van der Waals surface area contributed by atoms with E-state index in [4.69, 9.17) is 0 Å². The molecular weight excluding hydrogens is 444 g/mol. The van der Waals surface area contributed by atoms with Crippen molar-refractivity contribution in [1.82, 2.24) is 4.90 Å². The quantitative estimate of drug-likeness (QED) is 0.316. The van der Waals surface area contributed by atoms with Crippen molar-refractivity contribution >= 4 is 0 Å². The van der Waals surface area contributed by atoms with E-state index in [9.17, 15) is 46.8 Å². The van der Waals surface area contributed by atoms with Crippen LogP contribution in [0.25, 0.3) is 0 Å². The molecule has 0 bridgehead atoms. The topological polar surface area (TPSA) is 84.2 Å². The molecule has 0 spiro atoms. The molecule has 2 aromatic carbocycles. The van der Waals surface area contributed by atoms with Gasteiger partial charge in [0.2, 0.25) is 0 Å². The lowest BCUT2D eigenvalue weighted by Crippen LogP contribution is -2.53. The van der Waals surface area contributed by atoms with Crippen LogP contribution >= 0.6 is 0 Å². The van der Waals surface area contributed by atoms with Crippen LogP contribution in [-0.4, -0.2) is 44.5 Å². The van der Waals surface area contributed by atoms with Crippen molar-refractivity contribution in [2.24, 2.45) is 5.92 Å². The number of aromatic hydroxyl groups is 4. The summed E-state index contributed by atoms with van der Waals surface area (Å²) >= 11 is 0. The van der Waals surface area contributed by atoms with E-state index >= 15 is 0 Å². The van der Waals surface area contributed by atoms with Crippen LogP contribution in [0.4, 0.5) is 26.3 Å². The Bertz CT molecular complexity index is 839. The molecule has 0 amide bonds. The Hall–Kier alpha value is -2.82. The smallest absolute Gasteiger partial charge is 0.467 e. The summed E-state index contributed by atoms with van der Waals surface area (Å²) in [5.74, 6) is -3.23. The average molecular weight is 467 g/mol. The number of hydrogen-bond donors (Lipinski definition) is 4. The SMILES string of the molecule is CCCC(CN(C(F)(F)F)C(F)(F)F)C(C)(c1cc(O)cc(O)c1)c1cc(O)cc(O)c1. The molecule has 0 saturated heterocycles. The van der Waals surface area contributed by atoms with Crippen molar-refractivity contribution in [1.29, 1.82) is 0 Å². The third-order valence-electron chi connectivity index (χ3n) is 5.47. The van der Waals surface area contributed by atoms with Crippen molar-refractivity contribution in [3.63, 3.8) is 0 Å². The summed E-state index contributed by atoms with van der Waals surface area (Å²) in [5.41, 5.74) is -1.69. The molecule has 2 rings (SSSR count). The lowest BCUT2D eigenvalue weighted by molar-refractivity contribution is -0.376. The van der Waals surface area contributed by atoms with E-state index in [1.54, 1.807) is 6.92 Å². The van der Waals surface area contributed by atoms with Gasteiger partial charge in [-0.1, -0.05) is 20.3 Å². The number of rotatable bonds is 7. The lowest BCUT2D eigenvalue weighted by Gasteiger charge is -2.42. The van der Waals surface area contributed by atoms with E-state index in [1.165, 1.54) is 6.92 Å². The van der Waals surface area contributed by atoms with E-state index in [0.29, 0.717) is 0 Å². The van der Waals surface area contributed by atoms with Crippen molar-refractivity contribution < 1.29 is 46.8 Å². The summed E-state index contributed by atoms with van der Waals surface area (Å²) in [5, 5.41) is 39.7. The van der Waals surface area contributed by atoms with Crippen molar-refractivity contribution in [2.45, 2.75) is 44.7 Å². The summed E-state index contributed by atoms with van der Waals surface area (Å²) in [6, 6.07) is 6.33. The number of benzene rings is 2. The molecule has 4 N–H and O–H groups in total. The first-order valence-electron chi connectivity index (χ1n) is 9.57. The number of phenols is 4. The maximum Gasteiger partial charge on any atom is 0.467 e. The Balaban J connectivity index is 2.79. The van der Waals surface area contributed by atoms with Gasteiger partial charge in [-0.15, -0.1) is 4.90 Å². The molecule has 1 unspecified atom stereocenters. The van der Waals surface area contributed by atoms with Gasteiger partial charge < -0.3 is 20.4 Å². The standard InChI is InChI=1S/C21H23F6NO4/c1-3-4-12(11-28(20(22,23)24)21(25,26)27)19(2,13-5-15(29)9-16(30)6-13)14-7-17(31)10-18(32)8-14/h5-10,12,29-32H,3-4,11H2,1-2H3. The van der Waals surface area contributed by atoms with Gasteiger partial charge in [0.05, 0.1) is 0 Å². The van der Waals surface area contributed by atoms with E-state index in [-0.39, 0.29) is 24.0 Å². The number of hydrogen-bond acceptors (Lipinski definition) is 5. The van der Waals surface area contributed by atoms with Gasteiger partial charge in [-0.2, -0.15) is 26.3 Å². The molecule has 0 heterocycles. The van der Waals surface area contributed by atoms with Gasteiger partial charge in [-0.05, 0) is 47.7 Å². The highest BCUT2D eigenvalue weighted by Gasteiger charge is 2.56. The van der Waals surface area contributed by atoms with E-state index < -0.39 is 58.4 Å². The zero-order chi connectivity index (χ0) is 24.5. The van der Waals surface area contributed by atoms with Gasteiger partial charge in [0.25, 0.3) is 0 Å². The van der Waals surface area contributed by atoms with Crippen LogP contribution < -0.4 is 0 Å². The fourth-order valence-corrected chi connectivity index (χ4v) is 3.91. The molecule has 5 nitrogen and oxygen atoms in total. The molecule has 0 aliphatic carbocycles. The van der Waals surface area contributed by atoms with E-state index in [0.717, 1.165) is 36.4 Å². The van der Waals surface area contributed by atoms with Crippen LogP contribution in [-0.2, 0) is 5.41 Å². The summed E-state index contributed by atoms with van der Waals surface area (Å²) in [4.78, 5) is -1.52. The average Bonchev–Trinajstić information content (AvgIpc) is 2.60. The molecule has 2 aromatic rings. The summed E-state index contributed by atoms with van der Waals surface area (Å²) in [6.45, 7) is 1.42. The van der Waals surface area contributed by atoms with Crippen LogP contribution in [0.3, 0.4) is 0 Å². The van der Waals surface area contributed by atoms with Crippen molar-refractivity contribution in [3.8, 4) is 23.0 Å². The van der Waals surface area contributed by atoms with Crippen LogP contribution in [0.1, 0.15) is 37.8 Å². The first-order valence-corrected chi connectivity index (χ1v) is 9.57. The first-order chi connectivity index (χ1) is 14.6. The summed E-state index contributed by atoms with van der Waals surface area (Å²) in [7, 11) is 0. The Morgan fingerprint density at radius 1 is 0.719 bits per heavy atom. The van der Waals surface area contributed by atoms with E-state index in [2.05, 4.69) is 0 Å². The summed E-state index contributed by atoms with van der Waals surface area (Å²) < 4.78 is 79.9. The molecule has 0 saturated carbocycles. The first kappa shape index (κ1) is 25.4. The maximum absolute atomic E-state index is 13.3. The third-order valence-corrected chi connectivity index (χ3v) is 5.47. The predicted octanol–water partition coefficient (Wildman–Crippen LogP) is 5.57. The van der Waals surface area contributed by atoms with Crippen LogP contribution in [0.15, 0.2) is 36.4 Å². The Kier molecular flexibility index (Phi) is 7.13. The molecule has 11 heteroatoms. The maximum atomic E-state index is 13.3. The van der Waals surface area contributed by atoms with Gasteiger partial charge in [-0.25, -0.2) is 0 Å². The van der Waals surface area contributed by atoms with Gasteiger partial charge in [0, 0.05) is 24.1 Å². The minimum Gasteiger partial charge on any atom is -0.508 e. The highest BCUT2D eigenvalue weighted by molar-refractivity contribution is 5.50. The molecule has 32 heavy (non-hydrogen) atoms. The normalized spacial score (nSPS) is 14.0. The second-order valence-electron chi connectivity index (χ2n) is 7.71. The van der Waals surface area contributed by atoms with E-state index in [1.807, 2.05) is 0 Å². The number of alkyl halides is 6. The van der Waals surface area contributed by atoms with Crippen molar-refractivity contribution in [3.05, 3.63) is 47.5 Å². The van der Waals surface area contributed by atoms with Crippen LogP contribution in [0, 0.1) is 5.92 Å².